The molecule has 1 N–H and O–H groups in total. The molecule has 0 radical (unpaired) electrons. The van der Waals surface area contributed by atoms with E-state index in [4.69, 9.17) is 0 Å². The first-order chi connectivity index (χ1) is 8.67. The van der Waals surface area contributed by atoms with Gasteiger partial charge in [0, 0.05) is 45.3 Å². The van der Waals surface area contributed by atoms with Crippen LogP contribution >= 0.6 is 0 Å². The first-order valence-electron chi connectivity index (χ1n) is 7.06. The molecule has 5 nitrogen and oxygen atoms in total. The Kier molecular flexibility index (Phi) is 6.43. The van der Waals surface area contributed by atoms with E-state index in [9.17, 15) is 9.90 Å². The fraction of sp³-hybridized carbons (Fsp3) is 0.923. The molecule has 0 aliphatic carbocycles. The van der Waals surface area contributed by atoms with Gasteiger partial charge < -0.3 is 14.9 Å². The first-order valence-corrected chi connectivity index (χ1v) is 7.06. The standard InChI is InChI=1S/C13H27N3O2/c1-4-12(11-17)15-7-9-16(10-8-15)13(18)14(5-2)6-3/h12,17H,4-11H2,1-3H3/t12-/m0/s1. The molecule has 0 aromatic rings. The molecule has 1 heterocycles. The summed E-state index contributed by atoms with van der Waals surface area (Å²) in [6, 6.07) is 0.396. The van der Waals surface area contributed by atoms with Crippen molar-refractivity contribution in [3.05, 3.63) is 0 Å². The van der Waals surface area contributed by atoms with Gasteiger partial charge >= 0.3 is 6.03 Å². The number of rotatable bonds is 5. The molecule has 1 atom stereocenters. The van der Waals surface area contributed by atoms with Crippen LogP contribution in [0.2, 0.25) is 0 Å². The molecule has 0 aromatic heterocycles. The lowest BCUT2D eigenvalue weighted by Crippen LogP contribution is -2.55. The van der Waals surface area contributed by atoms with Crippen LogP contribution in [0.1, 0.15) is 27.2 Å². The fourth-order valence-corrected chi connectivity index (χ4v) is 2.48. The highest BCUT2D eigenvalue weighted by Crippen LogP contribution is 2.10. The van der Waals surface area contributed by atoms with Gasteiger partial charge in [0.2, 0.25) is 0 Å². The minimum Gasteiger partial charge on any atom is -0.395 e. The third-order valence-electron chi connectivity index (χ3n) is 3.82. The van der Waals surface area contributed by atoms with E-state index < -0.39 is 0 Å². The lowest BCUT2D eigenvalue weighted by molar-refractivity contribution is 0.0660. The van der Waals surface area contributed by atoms with Crippen LogP contribution in [0.5, 0.6) is 0 Å². The van der Waals surface area contributed by atoms with Crippen LogP contribution in [0.15, 0.2) is 0 Å². The van der Waals surface area contributed by atoms with E-state index in [1.807, 2.05) is 23.6 Å². The molecule has 5 heteroatoms. The van der Waals surface area contributed by atoms with Crippen molar-refractivity contribution in [3.63, 3.8) is 0 Å². The van der Waals surface area contributed by atoms with Gasteiger partial charge in [0.25, 0.3) is 0 Å². The van der Waals surface area contributed by atoms with E-state index in [1.165, 1.54) is 0 Å². The maximum absolute atomic E-state index is 12.2. The van der Waals surface area contributed by atoms with Crippen LogP contribution in [0, 0.1) is 0 Å². The molecule has 0 aromatic carbocycles. The summed E-state index contributed by atoms with van der Waals surface area (Å²) in [7, 11) is 0. The Morgan fingerprint density at radius 2 is 1.72 bits per heavy atom. The number of hydrogen-bond acceptors (Lipinski definition) is 3. The minimum absolute atomic E-state index is 0.150. The average molecular weight is 257 g/mol. The van der Waals surface area contributed by atoms with E-state index in [0.717, 1.165) is 45.7 Å². The maximum atomic E-state index is 12.2. The molecule has 1 fully saturated rings. The van der Waals surface area contributed by atoms with Crippen molar-refractivity contribution in [3.8, 4) is 0 Å². The van der Waals surface area contributed by atoms with Gasteiger partial charge in [-0.15, -0.1) is 0 Å². The van der Waals surface area contributed by atoms with Crippen molar-refractivity contribution >= 4 is 6.03 Å². The van der Waals surface area contributed by atoms with Crippen molar-refractivity contribution in [1.82, 2.24) is 14.7 Å². The zero-order chi connectivity index (χ0) is 13.5. The third-order valence-corrected chi connectivity index (χ3v) is 3.82. The lowest BCUT2D eigenvalue weighted by atomic mass is 10.2. The summed E-state index contributed by atoms with van der Waals surface area (Å²) in [6.45, 7) is 11.1. The third kappa shape index (κ3) is 3.59. The van der Waals surface area contributed by atoms with Gasteiger partial charge in [0.15, 0.2) is 0 Å². The summed E-state index contributed by atoms with van der Waals surface area (Å²) in [6.07, 6.45) is 0.959. The van der Waals surface area contributed by atoms with E-state index >= 15 is 0 Å². The number of aliphatic hydroxyl groups excluding tert-OH is 1. The molecular weight excluding hydrogens is 230 g/mol. The molecule has 1 saturated heterocycles. The number of carbonyl (C=O) groups excluding carboxylic acids is 1. The molecule has 0 unspecified atom stereocenters. The molecule has 1 aliphatic rings. The van der Waals surface area contributed by atoms with E-state index in [1.54, 1.807) is 0 Å². The van der Waals surface area contributed by atoms with Crippen molar-refractivity contribution in [2.45, 2.75) is 33.2 Å². The largest absolute Gasteiger partial charge is 0.395 e. The Morgan fingerprint density at radius 1 is 1.17 bits per heavy atom. The van der Waals surface area contributed by atoms with Crippen LogP contribution in [0.3, 0.4) is 0 Å². The van der Waals surface area contributed by atoms with Crippen LogP contribution in [-0.4, -0.2) is 77.8 Å². The van der Waals surface area contributed by atoms with Gasteiger partial charge in [0.1, 0.15) is 0 Å². The van der Waals surface area contributed by atoms with Gasteiger partial charge in [0.05, 0.1) is 6.61 Å². The molecular formula is C13H27N3O2. The minimum atomic E-state index is 0.150. The quantitative estimate of drug-likeness (QED) is 0.794. The Balaban J connectivity index is 2.45. The second-order valence-electron chi connectivity index (χ2n) is 4.72. The van der Waals surface area contributed by atoms with Crippen LogP contribution < -0.4 is 0 Å². The van der Waals surface area contributed by atoms with E-state index in [-0.39, 0.29) is 18.7 Å². The first kappa shape index (κ1) is 15.2. The van der Waals surface area contributed by atoms with Gasteiger partial charge in [-0.3, -0.25) is 4.90 Å². The van der Waals surface area contributed by atoms with Crippen LogP contribution in [0.4, 0.5) is 4.79 Å². The number of hydrogen-bond donors (Lipinski definition) is 1. The van der Waals surface area contributed by atoms with Gasteiger partial charge in [-0.25, -0.2) is 4.79 Å². The zero-order valence-corrected chi connectivity index (χ0v) is 11.9. The summed E-state index contributed by atoms with van der Waals surface area (Å²) in [5.74, 6) is 0. The SMILES string of the molecule is CC[C@@H](CO)N1CCN(C(=O)N(CC)CC)CC1. The summed E-state index contributed by atoms with van der Waals surface area (Å²) >= 11 is 0. The molecule has 1 aliphatic heterocycles. The highest BCUT2D eigenvalue weighted by Gasteiger charge is 2.26. The van der Waals surface area contributed by atoms with Crippen LogP contribution in [-0.2, 0) is 0 Å². The lowest BCUT2D eigenvalue weighted by Gasteiger charge is -2.40. The molecule has 1 rings (SSSR count). The number of urea groups is 1. The second-order valence-corrected chi connectivity index (χ2v) is 4.72. The predicted octanol–water partition coefficient (Wildman–Crippen LogP) is 0.837. The van der Waals surface area contributed by atoms with Crippen molar-refractivity contribution in [2.24, 2.45) is 0 Å². The number of carbonyl (C=O) groups is 1. The number of piperazine rings is 1. The van der Waals surface area contributed by atoms with E-state index in [2.05, 4.69) is 11.8 Å². The zero-order valence-electron chi connectivity index (χ0n) is 11.9. The molecule has 2 amide bonds. The second kappa shape index (κ2) is 7.59. The highest BCUT2D eigenvalue weighted by atomic mass is 16.3. The Bertz CT molecular complexity index is 245. The predicted molar refractivity (Wildman–Crippen MR) is 72.6 cm³/mol. The topological polar surface area (TPSA) is 47.0 Å². The number of nitrogens with zero attached hydrogens (tertiary/aromatic N) is 3. The summed E-state index contributed by atoms with van der Waals surface area (Å²) in [5.41, 5.74) is 0. The maximum Gasteiger partial charge on any atom is 0.320 e. The van der Waals surface area contributed by atoms with Crippen molar-refractivity contribution < 1.29 is 9.90 Å². The Hall–Kier alpha value is -0.810. The monoisotopic (exact) mass is 257 g/mol. The van der Waals surface area contributed by atoms with Crippen molar-refractivity contribution in [1.29, 1.82) is 0 Å². The van der Waals surface area contributed by atoms with Crippen molar-refractivity contribution in [2.75, 3.05) is 45.9 Å². The van der Waals surface area contributed by atoms with Gasteiger partial charge in [-0.2, -0.15) is 0 Å². The van der Waals surface area contributed by atoms with Gasteiger partial charge in [-0.05, 0) is 20.3 Å². The average Bonchev–Trinajstić information content (AvgIpc) is 2.42. The van der Waals surface area contributed by atoms with Crippen LogP contribution in [0.25, 0.3) is 0 Å². The highest BCUT2D eigenvalue weighted by molar-refractivity contribution is 5.74. The summed E-state index contributed by atoms with van der Waals surface area (Å²) in [4.78, 5) is 18.2. The molecule has 0 bridgehead atoms. The number of amides is 2. The smallest absolute Gasteiger partial charge is 0.320 e. The Labute approximate surface area is 110 Å². The van der Waals surface area contributed by atoms with Gasteiger partial charge in [-0.1, -0.05) is 6.92 Å². The fourth-order valence-electron chi connectivity index (χ4n) is 2.48. The summed E-state index contributed by atoms with van der Waals surface area (Å²) < 4.78 is 0. The summed E-state index contributed by atoms with van der Waals surface area (Å²) in [5, 5.41) is 9.29. The molecule has 18 heavy (non-hydrogen) atoms. The van der Waals surface area contributed by atoms with E-state index in [0.29, 0.717) is 0 Å². The number of aliphatic hydroxyl groups is 1. The molecule has 0 saturated carbocycles. The Morgan fingerprint density at radius 3 is 2.11 bits per heavy atom. The normalized spacial score (nSPS) is 18.8. The molecule has 106 valence electrons. The molecule has 0 spiro atoms.